The minimum atomic E-state index is -0.420. The fourth-order valence-corrected chi connectivity index (χ4v) is 2.04. The maximum atomic E-state index is 12.0. The standard InChI is InChI=1S/C13H24N2O3/c1-5-15(10-6-7-10)11(16)8-14-12(9(2)3)13(17)18-4/h9-10,12,14H,5-8H2,1-4H3. The van der Waals surface area contributed by atoms with E-state index in [4.69, 9.17) is 4.74 Å². The maximum absolute atomic E-state index is 12.0. The van der Waals surface area contributed by atoms with E-state index in [2.05, 4.69) is 5.32 Å². The number of carbonyl (C=O) groups is 2. The van der Waals surface area contributed by atoms with Gasteiger partial charge in [-0.25, -0.2) is 0 Å². The van der Waals surface area contributed by atoms with Gasteiger partial charge < -0.3 is 9.64 Å². The minimum Gasteiger partial charge on any atom is -0.468 e. The molecule has 1 aliphatic carbocycles. The van der Waals surface area contributed by atoms with Crippen molar-refractivity contribution in [3.8, 4) is 0 Å². The monoisotopic (exact) mass is 256 g/mol. The van der Waals surface area contributed by atoms with E-state index in [-0.39, 0.29) is 24.3 Å². The number of likely N-dealkylation sites (N-methyl/N-ethyl adjacent to an activating group) is 1. The molecule has 104 valence electrons. The second-order valence-corrected chi connectivity index (χ2v) is 5.04. The van der Waals surface area contributed by atoms with Gasteiger partial charge >= 0.3 is 5.97 Å². The number of methoxy groups -OCH3 is 1. The molecule has 1 atom stereocenters. The Morgan fingerprint density at radius 1 is 1.39 bits per heavy atom. The van der Waals surface area contributed by atoms with Crippen LogP contribution in [0.1, 0.15) is 33.6 Å². The van der Waals surface area contributed by atoms with Gasteiger partial charge in [-0.1, -0.05) is 13.8 Å². The number of esters is 1. The van der Waals surface area contributed by atoms with Crippen molar-refractivity contribution in [1.82, 2.24) is 10.2 Å². The van der Waals surface area contributed by atoms with E-state index in [0.717, 1.165) is 19.4 Å². The van der Waals surface area contributed by atoms with Crippen LogP contribution in [0.15, 0.2) is 0 Å². The highest BCUT2D eigenvalue weighted by molar-refractivity contribution is 5.81. The molecule has 5 nitrogen and oxygen atoms in total. The number of hydrogen-bond acceptors (Lipinski definition) is 4. The lowest BCUT2D eigenvalue weighted by molar-refractivity contribution is -0.144. The summed E-state index contributed by atoms with van der Waals surface area (Å²) >= 11 is 0. The third-order valence-corrected chi connectivity index (χ3v) is 3.24. The van der Waals surface area contributed by atoms with E-state index in [1.54, 1.807) is 0 Å². The molecular formula is C13H24N2O3. The average molecular weight is 256 g/mol. The van der Waals surface area contributed by atoms with Crippen molar-refractivity contribution < 1.29 is 14.3 Å². The summed E-state index contributed by atoms with van der Waals surface area (Å²) in [6.07, 6.45) is 2.20. The zero-order valence-electron chi connectivity index (χ0n) is 11.7. The molecule has 0 heterocycles. The van der Waals surface area contributed by atoms with Crippen molar-refractivity contribution in [2.75, 3.05) is 20.2 Å². The summed E-state index contributed by atoms with van der Waals surface area (Å²) in [5.41, 5.74) is 0. The van der Waals surface area contributed by atoms with Gasteiger partial charge in [0, 0.05) is 12.6 Å². The molecule has 1 fully saturated rings. The minimum absolute atomic E-state index is 0.0644. The van der Waals surface area contributed by atoms with Crippen molar-refractivity contribution in [1.29, 1.82) is 0 Å². The highest BCUT2D eigenvalue weighted by Gasteiger charge is 2.32. The van der Waals surface area contributed by atoms with Crippen LogP contribution in [0.5, 0.6) is 0 Å². The molecule has 0 spiro atoms. The third kappa shape index (κ3) is 3.98. The Bertz CT molecular complexity index is 301. The van der Waals surface area contributed by atoms with Crippen molar-refractivity contribution >= 4 is 11.9 Å². The quantitative estimate of drug-likeness (QED) is 0.684. The van der Waals surface area contributed by atoms with Crippen molar-refractivity contribution in [3.63, 3.8) is 0 Å². The summed E-state index contributed by atoms with van der Waals surface area (Å²) in [6.45, 7) is 6.77. The molecule has 0 aromatic heterocycles. The van der Waals surface area contributed by atoms with Gasteiger partial charge in [-0.2, -0.15) is 0 Å². The first-order valence-corrected chi connectivity index (χ1v) is 6.61. The zero-order valence-corrected chi connectivity index (χ0v) is 11.7. The molecule has 1 amide bonds. The van der Waals surface area contributed by atoms with Crippen molar-refractivity contribution in [2.45, 2.75) is 45.7 Å². The molecule has 0 radical (unpaired) electrons. The van der Waals surface area contributed by atoms with Gasteiger partial charge in [-0.05, 0) is 25.7 Å². The van der Waals surface area contributed by atoms with E-state index in [1.165, 1.54) is 7.11 Å². The van der Waals surface area contributed by atoms with E-state index in [1.807, 2.05) is 25.7 Å². The lowest BCUT2D eigenvalue weighted by Crippen LogP contribution is -2.47. The van der Waals surface area contributed by atoms with E-state index in [9.17, 15) is 9.59 Å². The molecule has 5 heteroatoms. The molecule has 1 saturated carbocycles. The van der Waals surface area contributed by atoms with Crippen LogP contribution >= 0.6 is 0 Å². The summed E-state index contributed by atoms with van der Waals surface area (Å²) in [4.78, 5) is 25.4. The summed E-state index contributed by atoms with van der Waals surface area (Å²) < 4.78 is 4.73. The van der Waals surface area contributed by atoms with Crippen LogP contribution in [0.25, 0.3) is 0 Å². The molecule has 0 bridgehead atoms. The lowest BCUT2D eigenvalue weighted by Gasteiger charge is -2.24. The number of nitrogens with one attached hydrogen (secondary N) is 1. The van der Waals surface area contributed by atoms with Crippen LogP contribution in [-0.4, -0.2) is 49.1 Å². The second kappa shape index (κ2) is 6.73. The first kappa shape index (κ1) is 15.0. The number of nitrogens with zero attached hydrogens (tertiary/aromatic N) is 1. The smallest absolute Gasteiger partial charge is 0.323 e. The van der Waals surface area contributed by atoms with Crippen LogP contribution in [0.3, 0.4) is 0 Å². The predicted octanol–water partition coefficient (Wildman–Crippen LogP) is 0.785. The van der Waals surface area contributed by atoms with Gasteiger partial charge in [0.2, 0.25) is 5.91 Å². The van der Waals surface area contributed by atoms with Crippen LogP contribution in [-0.2, 0) is 14.3 Å². The summed E-state index contributed by atoms with van der Waals surface area (Å²) in [6, 6.07) is -0.00298. The van der Waals surface area contributed by atoms with Crippen molar-refractivity contribution in [3.05, 3.63) is 0 Å². The Balaban J connectivity index is 2.45. The largest absolute Gasteiger partial charge is 0.468 e. The number of amides is 1. The predicted molar refractivity (Wildman–Crippen MR) is 69.1 cm³/mol. The fourth-order valence-electron chi connectivity index (χ4n) is 2.04. The molecule has 18 heavy (non-hydrogen) atoms. The van der Waals surface area contributed by atoms with Crippen LogP contribution in [0, 0.1) is 5.92 Å². The van der Waals surface area contributed by atoms with Crippen LogP contribution < -0.4 is 5.32 Å². The van der Waals surface area contributed by atoms with Gasteiger partial charge in [0.25, 0.3) is 0 Å². The normalized spacial score (nSPS) is 16.5. The Labute approximate surface area is 109 Å². The van der Waals surface area contributed by atoms with E-state index >= 15 is 0 Å². The number of hydrogen-bond donors (Lipinski definition) is 1. The molecule has 0 aromatic rings. The Morgan fingerprint density at radius 2 is 2.00 bits per heavy atom. The summed E-state index contributed by atoms with van der Waals surface area (Å²) in [5, 5.41) is 3.00. The first-order chi connectivity index (χ1) is 8.51. The number of ether oxygens (including phenoxy) is 1. The Morgan fingerprint density at radius 3 is 2.39 bits per heavy atom. The van der Waals surface area contributed by atoms with E-state index < -0.39 is 6.04 Å². The first-order valence-electron chi connectivity index (χ1n) is 6.61. The molecule has 1 rings (SSSR count). The van der Waals surface area contributed by atoms with E-state index in [0.29, 0.717) is 6.04 Å². The zero-order chi connectivity index (χ0) is 13.7. The van der Waals surface area contributed by atoms with Gasteiger partial charge in [0.1, 0.15) is 6.04 Å². The third-order valence-electron chi connectivity index (χ3n) is 3.24. The molecule has 1 aliphatic rings. The summed E-state index contributed by atoms with van der Waals surface area (Å²) in [5.74, 6) is -0.150. The van der Waals surface area contributed by atoms with Crippen LogP contribution in [0.4, 0.5) is 0 Å². The molecule has 1 N–H and O–H groups in total. The summed E-state index contributed by atoms with van der Waals surface area (Å²) in [7, 11) is 1.36. The Hall–Kier alpha value is -1.10. The van der Waals surface area contributed by atoms with Gasteiger partial charge in [-0.3, -0.25) is 14.9 Å². The van der Waals surface area contributed by atoms with Crippen molar-refractivity contribution in [2.24, 2.45) is 5.92 Å². The molecule has 0 saturated heterocycles. The SMILES string of the molecule is CCN(C(=O)CNC(C(=O)OC)C(C)C)C1CC1. The maximum Gasteiger partial charge on any atom is 0.323 e. The van der Waals surface area contributed by atoms with Gasteiger partial charge in [0.05, 0.1) is 13.7 Å². The average Bonchev–Trinajstić information content (AvgIpc) is 3.13. The highest BCUT2D eigenvalue weighted by Crippen LogP contribution is 2.26. The van der Waals surface area contributed by atoms with Gasteiger partial charge in [0.15, 0.2) is 0 Å². The van der Waals surface area contributed by atoms with Gasteiger partial charge in [-0.15, -0.1) is 0 Å². The van der Waals surface area contributed by atoms with Crippen LogP contribution in [0.2, 0.25) is 0 Å². The highest BCUT2D eigenvalue weighted by atomic mass is 16.5. The number of carbonyl (C=O) groups excluding carboxylic acids is 2. The molecule has 1 unspecified atom stereocenters. The molecular weight excluding hydrogens is 232 g/mol. The topological polar surface area (TPSA) is 58.6 Å². The number of rotatable bonds is 7. The Kier molecular flexibility index (Phi) is 5.59. The fraction of sp³-hybridized carbons (Fsp3) is 0.846. The molecule has 0 aliphatic heterocycles. The lowest BCUT2D eigenvalue weighted by atomic mass is 10.0. The molecule has 0 aromatic carbocycles. The second-order valence-electron chi connectivity index (χ2n) is 5.04.